The molecule has 6 nitrogen and oxygen atoms in total. The van der Waals surface area contributed by atoms with E-state index in [1.807, 2.05) is 18.3 Å². The van der Waals surface area contributed by atoms with E-state index in [0.717, 1.165) is 30.2 Å². The minimum Gasteiger partial charge on any atom is -0.381 e. The number of rotatable bonds is 4. The van der Waals surface area contributed by atoms with Crippen LogP contribution in [-0.2, 0) is 4.74 Å². The number of anilines is 1. The van der Waals surface area contributed by atoms with Crippen LogP contribution in [0.4, 0.5) is 5.82 Å². The predicted octanol–water partition coefficient (Wildman–Crippen LogP) is 3.40. The Hall–Kier alpha value is -1.95. The summed E-state index contributed by atoms with van der Waals surface area (Å²) in [5, 5.41) is 4.18. The van der Waals surface area contributed by atoms with Crippen LogP contribution in [0.1, 0.15) is 50.3 Å². The van der Waals surface area contributed by atoms with Gasteiger partial charge in [-0.15, -0.1) is 0 Å². The van der Waals surface area contributed by atoms with Crippen LogP contribution in [0, 0.1) is 0 Å². The van der Waals surface area contributed by atoms with Gasteiger partial charge in [0.05, 0.1) is 12.2 Å². The van der Waals surface area contributed by atoms with Crippen molar-refractivity contribution in [3.63, 3.8) is 0 Å². The van der Waals surface area contributed by atoms with Crippen LogP contribution >= 0.6 is 0 Å². The molecular weight excluding hydrogens is 304 g/mol. The normalized spacial score (nSPS) is 22.0. The van der Waals surface area contributed by atoms with Gasteiger partial charge in [0.1, 0.15) is 5.82 Å². The highest BCUT2D eigenvalue weighted by Gasteiger charge is 2.26. The zero-order valence-electron chi connectivity index (χ0n) is 14.1. The zero-order chi connectivity index (χ0) is 16.4. The van der Waals surface area contributed by atoms with Crippen molar-refractivity contribution in [3.8, 4) is 11.5 Å². The molecule has 4 rings (SSSR count). The second kappa shape index (κ2) is 6.89. The average molecular weight is 328 g/mol. The van der Waals surface area contributed by atoms with Crippen LogP contribution in [0.25, 0.3) is 11.5 Å². The van der Waals surface area contributed by atoms with Crippen LogP contribution in [0.2, 0.25) is 0 Å². The fourth-order valence-corrected chi connectivity index (χ4v) is 3.73. The van der Waals surface area contributed by atoms with Crippen molar-refractivity contribution in [3.05, 3.63) is 24.2 Å². The Morgan fingerprint density at radius 1 is 1.17 bits per heavy atom. The summed E-state index contributed by atoms with van der Waals surface area (Å²) >= 11 is 0. The van der Waals surface area contributed by atoms with Gasteiger partial charge in [-0.3, -0.25) is 0 Å². The van der Waals surface area contributed by atoms with Crippen molar-refractivity contribution < 1.29 is 9.26 Å². The lowest BCUT2D eigenvalue weighted by atomic mass is 9.94. The van der Waals surface area contributed by atoms with Gasteiger partial charge in [-0.2, -0.15) is 4.98 Å². The van der Waals surface area contributed by atoms with Crippen LogP contribution in [-0.4, -0.2) is 41.4 Å². The zero-order valence-corrected chi connectivity index (χ0v) is 14.1. The van der Waals surface area contributed by atoms with Crippen molar-refractivity contribution in [1.29, 1.82) is 0 Å². The monoisotopic (exact) mass is 328 g/mol. The Morgan fingerprint density at radius 3 is 2.83 bits per heavy atom. The van der Waals surface area contributed by atoms with Gasteiger partial charge in [0.25, 0.3) is 5.89 Å². The van der Waals surface area contributed by atoms with E-state index in [1.54, 1.807) is 0 Å². The standard InChI is InChI=1S/C18H24N4O2/c1-22(14-6-3-2-4-7-14)17-15(8-5-10-19-17)18-20-16(21-24-18)13-9-11-23-12-13/h5,8,10,13-14H,2-4,6-7,9,11-12H2,1H3/t13-/m0/s1. The first-order valence-corrected chi connectivity index (χ1v) is 8.92. The van der Waals surface area contributed by atoms with Gasteiger partial charge in [0.2, 0.25) is 0 Å². The van der Waals surface area contributed by atoms with E-state index >= 15 is 0 Å². The molecule has 0 aromatic carbocycles. The molecule has 0 unspecified atom stereocenters. The average Bonchev–Trinajstić information content (AvgIpc) is 3.33. The minimum absolute atomic E-state index is 0.249. The Kier molecular flexibility index (Phi) is 4.47. The SMILES string of the molecule is CN(c1ncccc1-c1nc([C@H]2CCOC2)no1)C1CCCCC1. The van der Waals surface area contributed by atoms with Crippen molar-refractivity contribution in [2.24, 2.45) is 0 Å². The molecule has 2 aromatic rings. The van der Waals surface area contributed by atoms with E-state index in [-0.39, 0.29) is 5.92 Å². The quantitative estimate of drug-likeness (QED) is 0.857. The second-order valence-electron chi connectivity index (χ2n) is 6.80. The molecule has 1 saturated carbocycles. The Balaban J connectivity index is 1.61. The summed E-state index contributed by atoms with van der Waals surface area (Å²) in [6, 6.07) is 4.48. The number of ether oxygens (including phenoxy) is 1. The molecule has 0 radical (unpaired) electrons. The largest absolute Gasteiger partial charge is 0.381 e. The third-order valence-corrected chi connectivity index (χ3v) is 5.21. The van der Waals surface area contributed by atoms with Gasteiger partial charge in [0.15, 0.2) is 5.82 Å². The van der Waals surface area contributed by atoms with Crippen molar-refractivity contribution in [2.45, 2.75) is 50.5 Å². The molecule has 0 N–H and O–H groups in total. The highest BCUT2D eigenvalue weighted by molar-refractivity contribution is 5.69. The van der Waals surface area contributed by atoms with Gasteiger partial charge in [-0.1, -0.05) is 24.4 Å². The summed E-state index contributed by atoms with van der Waals surface area (Å²) in [6.07, 6.45) is 9.17. The summed E-state index contributed by atoms with van der Waals surface area (Å²) in [5.41, 5.74) is 0.920. The number of pyridine rings is 1. The third kappa shape index (κ3) is 3.02. The molecule has 1 atom stereocenters. The third-order valence-electron chi connectivity index (χ3n) is 5.21. The summed E-state index contributed by atoms with van der Waals surface area (Å²) in [7, 11) is 2.13. The molecule has 1 aliphatic carbocycles. The molecule has 24 heavy (non-hydrogen) atoms. The highest BCUT2D eigenvalue weighted by atomic mass is 16.5. The first-order valence-electron chi connectivity index (χ1n) is 8.92. The Bertz CT molecular complexity index is 675. The van der Waals surface area contributed by atoms with E-state index < -0.39 is 0 Å². The maximum atomic E-state index is 5.56. The first kappa shape index (κ1) is 15.6. The van der Waals surface area contributed by atoms with Gasteiger partial charge in [-0.05, 0) is 31.4 Å². The van der Waals surface area contributed by atoms with Crippen LogP contribution in [0.5, 0.6) is 0 Å². The number of nitrogens with zero attached hydrogens (tertiary/aromatic N) is 4. The summed E-state index contributed by atoms with van der Waals surface area (Å²) in [6.45, 7) is 1.46. The molecule has 2 aromatic heterocycles. The van der Waals surface area contributed by atoms with Crippen molar-refractivity contribution >= 4 is 5.82 Å². The van der Waals surface area contributed by atoms with Gasteiger partial charge >= 0.3 is 0 Å². The Morgan fingerprint density at radius 2 is 2.04 bits per heavy atom. The number of hydrogen-bond donors (Lipinski definition) is 0. The number of aromatic nitrogens is 3. The van der Waals surface area contributed by atoms with E-state index in [0.29, 0.717) is 18.5 Å². The van der Waals surface area contributed by atoms with Gasteiger partial charge in [-0.25, -0.2) is 4.98 Å². The minimum atomic E-state index is 0.249. The lowest BCUT2D eigenvalue weighted by molar-refractivity contribution is 0.192. The molecular formula is C18H24N4O2. The first-order chi connectivity index (χ1) is 11.8. The highest BCUT2D eigenvalue weighted by Crippen LogP contribution is 2.33. The summed E-state index contributed by atoms with van der Waals surface area (Å²) in [4.78, 5) is 11.5. The van der Waals surface area contributed by atoms with E-state index in [4.69, 9.17) is 9.26 Å². The molecule has 3 heterocycles. The maximum absolute atomic E-state index is 5.56. The number of hydrogen-bond acceptors (Lipinski definition) is 6. The molecule has 2 aliphatic rings. The molecule has 2 fully saturated rings. The fourth-order valence-electron chi connectivity index (χ4n) is 3.73. The van der Waals surface area contributed by atoms with E-state index in [9.17, 15) is 0 Å². The molecule has 0 spiro atoms. The lowest BCUT2D eigenvalue weighted by Gasteiger charge is -2.32. The molecule has 128 valence electrons. The van der Waals surface area contributed by atoms with Crippen LogP contribution < -0.4 is 4.90 Å². The predicted molar refractivity (Wildman–Crippen MR) is 91.0 cm³/mol. The molecule has 1 saturated heterocycles. The van der Waals surface area contributed by atoms with E-state index in [1.165, 1.54) is 32.1 Å². The van der Waals surface area contributed by atoms with E-state index in [2.05, 4.69) is 27.1 Å². The second-order valence-corrected chi connectivity index (χ2v) is 6.80. The lowest BCUT2D eigenvalue weighted by Crippen LogP contribution is -2.34. The van der Waals surface area contributed by atoms with Gasteiger partial charge in [0, 0.05) is 31.8 Å². The molecule has 6 heteroatoms. The Labute approximate surface area is 142 Å². The van der Waals surface area contributed by atoms with Crippen molar-refractivity contribution in [2.75, 3.05) is 25.2 Å². The smallest absolute Gasteiger partial charge is 0.261 e. The topological polar surface area (TPSA) is 64.3 Å². The van der Waals surface area contributed by atoms with Gasteiger partial charge < -0.3 is 14.2 Å². The van der Waals surface area contributed by atoms with Crippen LogP contribution in [0.3, 0.4) is 0 Å². The molecule has 0 bridgehead atoms. The fraction of sp³-hybridized carbons (Fsp3) is 0.611. The van der Waals surface area contributed by atoms with Crippen molar-refractivity contribution in [1.82, 2.24) is 15.1 Å². The maximum Gasteiger partial charge on any atom is 0.261 e. The summed E-state index contributed by atoms with van der Waals surface area (Å²) in [5.74, 6) is 2.49. The van der Waals surface area contributed by atoms with Crippen LogP contribution in [0.15, 0.2) is 22.9 Å². The summed E-state index contributed by atoms with van der Waals surface area (Å²) < 4.78 is 11.0. The molecule has 1 aliphatic heterocycles. The molecule has 0 amide bonds.